The molecule has 1 saturated heterocycles. The van der Waals surface area contributed by atoms with E-state index in [4.69, 9.17) is 5.73 Å². The summed E-state index contributed by atoms with van der Waals surface area (Å²) >= 11 is 1.30. The molecule has 186 valence electrons. The molecule has 1 atom stereocenters. The fourth-order valence-corrected chi connectivity index (χ4v) is 5.52. The number of hydrogen-bond acceptors (Lipinski definition) is 4. The van der Waals surface area contributed by atoms with Crippen LogP contribution in [0.15, 0.2) is 35.7 Å². The van der Waals surface area contributed by atoms with Crippen molar-refractivity contribution >= 4 is 29.1 Å². The van der Waals surface area contributed by atoms with E-state index in [9.17, 15) is 14.4 Å². The Morgan fingerprint density at radius 3 is 2.26 bits per heavy atom. The normalized spacial score (nSPS) is 15.9. The molecule has 0 saturated carbocycles. The molecule has 9 heteroatoms. The number of aryl methyl sites for hydroxylation is 1. The Bertz CT molecular complexity index is 972. The number of hydrogen-bond donors (Lipinski definition) is 3. The van der Waals surface area contributed by atoms with Gasteiger partial charge in [0.1, 0.15) is 0 Å². The van der Waals surface area contributed by atoms with E-state index in [-0.39, 0.29) is 54.5 Å². The van der Waals surface area contributed by atoms with E-state index in [0.717, 1.165) is 55.5 Å². The summed E-state index contributed by atoms with van der Waals surface area (Å²) in [6, 6.07) is 9.79. The van der Waals surface area contributed by atoms with E-state index in [1.54, 1.807) is 0 Å². The second-order valence-electron chi connectivity index (χ2n) is 9.09. The molecular weight excluding hydrogens is 516 g/mol. The summed E-state index contributed by atoms with van der Waals surface area (Å²) in [4.78, 5) is 38.1. The van der Waals surface area contributed by atoms with Gasteiger partial charge in [-0.25, -0.2) is 0 Å². The lowest BCUT2D eigenvalue weighted by molar-refractivity contribution is -0.912. The number of likely N-dealkylation sites (tertiary alicyclic amines) is 1. The number of primary amides is 1. The van der Waals surface area contributed by atoms with Gasteiger partial charge in [-0.1, -0.05) is 30.3 Å². The highest BCUT2D eigenvalue weighted by molar-refractivity contribution is 7.12. The highest BCUT2D eigenvalue weighted by Gasteiger charge is 2.34. The molecule has 0 aliphatic carbocycles. The Hall–Kier alpha value is -2.23. The predicted molar refractivity (Wildman–Crippen MR) is 131 cm³/mol. The Balaban J connectivity index is 0.00000408. The van der Waals surface area contributed by atoms with E-state index in [2.05, 4.69) is 10.6 Å². The molecule has 0 bridgehead atoms. The molecule has 34 heavy (non-hydrogen) atoms. The van der Waals surface area contributed by atoms with Gasteiger partial charge in [0.25, 0.3) is 17.7 Å². The van der Waals surface area contributed by atoms with Crippen LogP contribution in [0.2, 0.25) is 0 Å². The maximum absolute atomic E-state index is 13.0. The van der Waals surface area contributed by atoms with Crippen molar-refractivity contribution in [3.63, 3.8) is 0 Å². The van der Waals surface area contributed by atoms with Gasteiger partial charge >= 0.3 is 0 Å². The molecule has 4 N–H and O–H groups in total. The number of rotatable bonds is 9. The van der Waals surface area contributed by atoms with Crippen LogP contribution in [-0.4, -0.2) is 48.4 Å². The third kappa shape index (κ3) is 7.65. The molecule has 1 aliphatic heterocycles. The molecule has 0 spiro atoms. The van der Waals surface area contributed by atoms with Crippen molar-refractivity contribution in [3.05, 3.63) is 57.3 Å². The third-order valence-electron chi connectivity index (χ3n) is 6.44. The average Bonchev–Trinajstić information content (AvgIpc) is 3.00. The van der Waals surface area contributed by atoms with Gasteiger partial charge in [0.15, 0.2) is 13.1 Å². The van der Waals surface area contributed by atoms with Crippen LogP contribution < -0.4 is 33.3 Å². The molecule has 0 radical (unpaired) electrons. The summed E-state index contributed by atoms with van der Waals surface area (Å²) in [5.41, 5.74) is 8.25. The minimum atomic E-state index is -0.474. The molecule has 1 aromatic carbocycles. The van der Waals surface area contributed by atoms with Crippen molar-refractivity contribution in [3.8, 4) is 0 Å². The van der Waals surface area contributed by atoms with Crippen molar-refractivity contribution < 1.29 is 35.8 Å². The molecule has 2 aromatic rings. The first-order valence-electron chi connectivity index (χ1n) is 11.6. The number of carbonyl (C=O) groups excluding carboxylic acids is 3. The van der Waals surface area contributed by atoms with Gasteiger partial charge in [0.2, 0.25) is 0 Å². The van der Waals surface area contributed by atoms with Gasteiger partial charge in [-0.3, -0.25) is 14.4 Å². The maximum atomic E-state index is 13.0. The fourth-order valence-electron chi connectivity index (χ4n) is 4.59. The molecule has 3 amide bonds. The van der Waals surface area contributed by atoms with E-state index in [1.807, 2.05) is 49.6 Å². The number of nitrogens with zero attached hydrogens (tertiary/aromatic N) is 1. The summed E-state index contributed by atoms with van der Waals surface area (Å²) < 4.78 is 0.463. The Morgan fingerprint density at radius 2 is 1.65 bits per heavy atom. The molecular formula is C25H35BrN4O3S. The average molecular weight is 552 g/mol. The van der Waals surface area contributed by atoms with Crippen LogP contribution >= 0.6 is 11.3 Å². The van der Waals surface area contributed by atoms with Gasteiger partial charge < -0.3 is 37.8 Å². The molecule has 1 unspecified atom stereocenters. The topological polar surface area (TPSA) is 101 Å². The lowest BCUT2D eigenvalue weighted by Gasteiger charge is -2.36. The van der Waals surface area contributed by atoms with Gasteiger partial charge in [0, 0.05) is 6.54 Å². The predicted octanol–water partition coefficient (Wildman–Crippen LogP) is 0.0438. The first-order valence-corrected chi connectivity index (χ1v) is 12.5. The van der Waals surface area contributed by atoms with Gasteiger partial charge in [0.05, 0.1) is 24.0 Å². The zero-order chi connectivity index (χ0) is 23.8. The molecule has 1 fully saturated rings. The summed E-state index contributed by atoms with van der Waals surface area (Å²) in [7, 11) is 0. The van der Waals surface area contributed by atoms with Crippen molar-refractivity contribution in [1.29, 1.82) is 0 Å². The Morgan fingerprint density at radius 1 is 1.03 bits per heavy atom. The number of quaternary nitrogens is 1. The molecule has 1 aromatic heterocycles. The second kappa shape index (κ2) is 13.0. The van der Waals surface area contributed by atoms with E-state index in [0.29, 0.717) is 9.36 Å². The largest absolute Gasteiger partial charge is 1.00 e. The van der Waals surface area contributed by atoms with E-state index in [1.165, 1.54) is 11.3 Å². The minimum absolute atomic E-state index is 0. The molecule has 3 rings (SSSR count). The van der Waals surface area contributed by atoms with Crippen LogP contribution in [0, 0.1) is 6.92 Å². The van der Waals surface area contributed by atoms with Crippen molar-refractivity contribution in [2.24, 2.45) is 5.73 Å². The van der Waals surface area contributed by atoms with Gasteiger partial charge in [-0.2, -0.15) is 0 Å². The van der Waals surface area contributed by atoms with Crippen molar-refractivity contribution in [2.45, 2.75) is 52.1 Å². The summed E-state index contributed by atoms with van der Waals surface area (Å²) in [5.74, 6) is -0.620. The molecule has 1 aliphatic rings. The number of halogens is 1. The van der Waals surface area contributed by atoms with Crippen LogP contribution in [0.1, 0.15) is 65.0 Å². The van der Waals surface area contributed by atoms with Crippen LogP contribution in [-0.2, 0) is 16.1 Å². The van der Waals surface area contributed by atoms with Crippen LogP contribution in [0.25, 0.3) is 0 Å². The van der Waals surface area contributed by atoms with Crippen molar-refractivity contribution in [1.82, 2.24) is 10.6 Å². The monoisotopic (exact) mass is 550 g/mol. The standard InChI is InChI=1S/C25H34N4O3S.BrH/c1-18-17-33-24(25(26)32)21(18)14-27-22(30)15-29(12-8-3-4-9-13-29)16-23(31)28-19(2)20-10-6-5-7-11-20;/h5-7,10-11,17,19H,3-4,8-9,12-16H2,1-2H3,(H3-,26,27,28,30,31,32);1H. The number of benzene rings is 1. The summed E-state index contributed by atoms with van der Waals surface area (Å²) in [6.07, 6.45) is 4.26. The van der Waals surface area contributed by atoms with Crippen LogP contribution in [0.4, 0.5) is 0 Å². The van der Waals surface area contributed by atoms with Gasteiger partial charge in [-0.15, -0.1) is 11.3 Å². The third-order valence-corrected chi connectivity index (χ3v) is 7.59. The van der Waals surface area contributed by atoms with Crippen LogP contribution in [0.5, 0.6) is 0 Å². The summed E-state index contributed by atoms with van der Waals surface area (Å²) in [5, 5.41) is 7.95. The SMILES string of the molecule is Cc1csc(C(N)=O)c1CNC(=O)C[N+]1(CC(=O)NC(C)c2ccccc2)CCCCCC1.[Br-]. The molecule has 2 heterocycles. The van der Waals surface area contributed by atoms with Crippen molar-refractivity contribution in [2.75, 3.05) is 26.2 Å². The van der Waals surface area contributed by atoms with Crippen LogP contribution in [0.3, 0.4) is 0 Å². The minimum Gasteiger partial charge on any atom is -1.00 e. The smallest absolute Gasteiger partial charge is 0.275 e. The number of nitrogens with two attached hydrogens (primary N) is 1. The number of nitrogens with one attached hydrogen (secondary N) is 2. The number of carbonyl (C=O) groups is 3. The second-order valence-corrected chi connectivity index (χ2v) is 9.97. The van der Waals surface area contributed by atoms with E-state index >= 15 is 0 Å². The summed E-state index contributed by atoms with van der Waals surface area (Å²) in [6.45, 7) is 6.31. The number of amides is 3. The van der Waals surface area contributed by atoms with E-state index < -0.39 is 5.91 Å². The zero-order valence-corrected chi connectivity index (χ0v) is 22.3. The number of thiophene rings is 1. The lowest BCUT2D eigenvalue weighted by atomic mass is 10.1. The zero-order valence-electron chi connectivity index (χ0n) is 19.9. The Kier molecular flexibility index (Phi) is 10.7. The quantitative estimate of drug-likeness (QED) is 0.384. The van der Waals surface area contributed by atoms with Gasteiger partial charge in [-0.05, 0) is 61.6 Å². The first kappa shape index (κ1) is 28.0. The highest BCUT2D eigenvalue weighted by Crippen LogP contribution is 2.22. The maximum Gasteiger partial charge on any atom is 0.275 e. The Labute approximate surface area is 216 Å². The highest BCUT2D eigenvalue weighted by atomic mass is 79.9. The molecule has 7 nitrogen and oxygen atoms in total. The lowest BCUT2D eigenvalue weighted by Crippen LogP contribution is -3.00. The fraction of sp³-hybridized carbons (Fsp3) is 0.480. The first-order chi connectivity index (χ1) is 15.8.